The van der Waals surface area contributed by atoms with E-state index >= 15 is 0 Å². The number of aromatic nitrogens is 1. The van der Waals surface area contributed by atoms with Gasteiger partial charge in [-0.1, -0.05) is 31.2 Å². The number of rotatable bonds is 7. The van der Waals surface area contributed by atoms with Crippen LogP contribution in [0.3, 0.4) is 0 Å². The minimum atomic E-state index is -4.35. The Hall–Kier alpha value is -2.92. The van der Waals surface area contributed by atoms with Crippen LogP contribution < -0.4 is 15.4 Å². The molecule has 0 amide bonds. The van der Waals surface area contributed by atoms with Gasteiger partial charge in [-0.2, -0.15) is 13.2 Å². The van der Waals surface area contributed by atoms with Gasteiger partial charge in [0.1, 0.15) is 18.9 Å². The van der Waals surface area contributed by atoms with Gasteiger partial charge in [0.05, 0.1) is 16.9 Å². The summed E-state index contributed by atoms with van der Waals surface area (Å²) in [5.41, 5.74) is 2.55. The summed E-state index contributed by atoms with van der Waals surface area (Å²) in [6.07, 6.45) is 3.39. The normalized spacial score (nSPS) is 14.4. The summed E-state index contributed by atoms with van der Waals surface area (Å²) in [6.45, 7) is -1.03. The van der Waals surface area contributed by atoms with Crippen LogP contribution in [-0.4, -0.2) is 36.7 Å². The first-order chi connectivity index (χ1) is 16.9. The topological polar surface area (TPSA) is 38.2 Å². The van der Waals surface area contributed by atoms with E-state index in [0.717, 1.165) is 34.5 Å². The molecule has 1 aromatic heterocycles. The Morgan fingerprint density at radius 3 is 2.60 bits per heavy atom. The zero-order valence-electron chi connectivity index (χ0n) is 20.0. The number of nitrogens with zero attached hydrogens (tertiary/aromatic N) is 1. The quantitative estimate of drug-likeness (QED) is 0.267. The van der Waals surface area contributed by atoms with Gasteiger partial charge in [-0.3, -0.25) is 0 Å². The fourth-order valence-corrected chi connectivity index (χ4v) is 4.97. The molecule has 1 heterocycles. The number of nitrogens with one attached hydrogen (secondary N) is 2. The molecule has 4 rings (SSSR count). The molecule has 35 heavy (non-hydrogen) atoms. The second-order valence-corrected chi connectivity index (χ2v) is 9.53. The molecular formula is C27H30F3N3OS. The number of hydrogen-bond donors (Lipinski definition) is 2. The standard InChI is InChI=1S/C27H30F3N3OS/c1-31-24-17-21(35-2)13-14-26(24)34-15-7-10-20-16-22-23(32-19-8-4-3-5-9-19)11-6-12-25(22)33(20)18-27(28,29)30/h6,11-14,16-17,19,31-32H,3-5,8-9,15,18H2,1-2H3. The molecule has 4 nitrogen and oxygen atoms in total. The largest absolute Gasteiger partial charge is 0.479 e. The Labute approximate surface area is 208 Å². The first kappa shape index (κ1) is 25.2. The lowest BCUT2D eigenvalue weighted by atomic mass is 9.95. The number of fused-ring (bicyclic) bond motifs is 1. The second kappa shape index (κ2) is 11.2. The fourth-order valence-electron chi connectivity index (χ4n) is 4.53. The van der Waals surface area contributed by atoms with Gasteiger partial charge in [-0.15, -0.1) is 11.8 Å². The molecule has 186 valence electrons. The molecule has 1 aliphatic rings. The maximum absolute atomic E-state index is 13.4. The van der Waals surface area contributed by atoms with Gasteiger partial charge >= 0.3 is 6.18 Å². The number of benzene rings is 2. The van der Waals surface area contributed by atoms with Crippen molar-refractivity contribution in [3.05, 3.63) is 48.2 Å². The van der Waals surface area contributed by atoms with E-state index in [1.165, 1.54) is 23.8 Å². The molecule has 0 atom stereocenters. The third-order valence-corrected chi connectivity index (χ3v) is 6.95. The molecule has 3 aromatic rings. The van der Waals surface area contributed by atoms with Gasteiger partial charge in [0.25, 0.3) is 0 Å². The van der Waals surface area contributed by atoms with Crippen molar-refractivity contribution in [3.8, 4) is 17.6 Å². The van der Waals surface area contributed by atoms with Gasteiger partial charge < -0.3 is 19.9 Å². The SMILES string of the molecule is CNc1cc(SC)ccc1OCC#Cc1cc2c(NC3CCCCC3)cccc2n1CC(F)(F)F. The average molecular weight is 502 g/mol. The van der Waals surface area contributed by atoms with E-state index in [1.807, 2.05) is 37.6 Å². The third-order valence-electron chi connectivity index (χ3n) is 6.22. The Kier molecular flexibility index (Phi) is 8.07. The van der Waals surface area contributed by atoms with Gasteiger partial charge in [0.15, 0.2) is 0 Å². The summed E-state index contributed by atoms with van der Waals surface area (Å²) in [4.78, 5) is 1.10. The molecule has 0 saturated heterocycles. The van der Waals surface area contributed by atoms with Crippen LogP contribution in [0.5, 0.6) is 5.75 Å². The van der Waals surface area contributed by atoms with E-state index in [2.05, 4.69) is 22.5 Å². The van der Waals surface area contributed by atoms with Crippen LogP contribution in [0.1, 0.15) is 37.8 Å². The zero-order valence-corrected chi connectivity index (χ0v) is 20.8. The number of alkyl halides is 3. The van der Waals surface area contributed by atoms with Crippen molar-refractivity contribution in [2.75, 3.05) is 30.5 Å². The molecular weight excluding hydrogens is 471 g/mol. The average Bonchev–Trinajstić information content (AvgIpc) is 3.19. The molecule has 8 heteroatoms. The van der Waals surface area contributed by atoms with Crippen molar-refractivity contribution in [1.82, 2.24) is 4.57 Å². The molecule has 0 aliphatic heterocycles. The maximum atomic E-state index is 13.4. The van der Waals surface area contributed by atoms with E-state index < -0.39 is 12.7 Å². The van der Waals surface area contributed by atoms with E-state index in [4.69, 9.17) is 4.74 Å². The van der Waals surface area contributed by atoms with Crippen LogP contribution in [0, 0.1) is 11.8 Å². The van der Waals surface area contributed by atoms with Gasteiger partial charge in [-0.25, -0.2) is 0 Å². The monoisotopic (exact) mass is 501 g/mol. The van der Waals surface area contributed by atoms with Crippen LogP contribution in [0.2, 0.25) is 0 Å². The molecule has 0 bridgehead atoms. The van der Waals surface area contributed by atoms with Crippen LogP contribution in [0.15, 0.2) is 47.4 Å². The van der Waals surface area contributed by atoms with E-state index in [9.17, 15) is 13.2 Å². The first-order valence-corrected chi connectivity index (χ1v) is 13.0. The van der Waals surface area contributed by atoms with Crippen LogP contribution in [0.25, 0.3) is 10.9 Å². The van der Waals surface area contributed by atoms with Crippen molar-refractivity contribution in [3.63, 3.8) is 0 Å². The summed E-state index contributed by atoms with van der Waals surface area (Å²) < 4.78 is 47.4. The Morgan fingerprint density at radius 1 is 1.09 bits per heavy atom. The van der Waals surface area contributed by atoms with Crippen LogP contribution in [0.4, 0.5) is 24.5 Å². The minimum absolute atomic E-state index is 0.0635. The van der Waals surface area contributed by atoms with E-state index in [-0.39, 0.29) is 6.61 Å². The number of halogens is 3. The molecule has 1 aliphatic carbocycles. The minimum Gasteiger partial charge on any atom is -0.479 e. The lowest BCUT2D eigenvalue weighted by Crippen LogP contribution is -2.22. The van der Waals surface area contributed by atoms with E-state index in [0.29, 0.717) is 23.0 Å². The second-order valence-electron chi connectivity index (χ2n) is 8.65. The predicted octanol–water partition coefficient (Wildman–Crippen LogP) is 7.14. The van der Waals surface area contributed by atoms with Gasteiger partial charge in [0.2, 0.25) is 0 Å². The fraction of sp³-hybridized carbons (Fsp3) is 0.407. The lowest BCUT2D eigenvalue weighted by molar-refractivity contribution is -0.140. The summed E-state index contributed by atoms with van der Waals surface area (Å²) >= 11 is 1.63. The molecule has 0 radical (unpaired) electrons. The van der Waals surface area contributed by atoms with Crippen molar-refractivity contribution < 1.29 is 17.9 Å². The van der Waals surface area contributed by atoms with Crippen molar-refractivity contribution >= 4 is 34.0 Å². The van der Waals surface area contributed by atoms with Crippen molar-refractivity contribution in [1.29, 1.82) is 0 Å². The zero-order chi connectivity index (χ0) is 24.8. The van der Waals surface area contributed by atoms with Crippen molar-refractivity contribution in [2.45, 2.75) is 55.8 Å². The summed E-state index contributed by atoms with van der Waals surface area (Å²) in [5.74, 6) is 6.47. The highest BCUT2D eigenvalue weighted by Crippen LogP contribution is 2.32. The summed E-state index contributed by atoms with van der Waals surface area (Å²) in [5, 5.41) is 7.42. The number of thioether (sulfide) groups is 1. The van der Waals surface area contributed by atoms with Crippen LogP contribution >= 0.6 is 11.8 Å². The Morgan fingerprint density at radius 2 is 1.89 bits per heavy atom. The van der Waals surface area contributed by atoms with Gasteiger partial charge in [0, 0.05) is 29.1 Å². The van der Waals surface area contributed by atoms with Crippen LogP contribution in [-0.2, 0) is 6.54 Å². The number of ether oxygens (including phenoxy) is 1. The Balaban J connectivity index is 1.60. The first-order valence-electron chi connectivity index (χ1n) is 11.8. The number of anilines is 2. The highest BCUT2D eigenvalue weighted by molar-refractivity contribution is 7.98. The third kappa shape index (κ3) is 6.40. The summed E-state index contributed by atoms with van der Waals surface area (Å²) in [6, 6.07) is 13.4. The molecule has 2 aromatic carbocycles. The molecule has 2 N–H and O–H groups in total. The smallest absolute Gasteiger partial charge is 0.406 e. The highest BCUT2D eigenvalue weighted by atomic mass is 32.2. The molecule has 1 fully saturated rings. The number of hydrogen-bond acceptors (Lipinski definition) is 4. The van der Waals surface area contributed by atoms with E-state index in [1.54, 1.807) is 30.0 Å². The highest BCUT2D eigenvalue weighted by Gasteiger charge is 2.30. The lowest BCUT2D eigenvalue weighted by Gasteiger charge is -2.24. The Bertz CT molecular complexity index is 1220. The molecule has 0 spiro atoms. The molecule has 1 saturated carbocycles. The molecule has 0 unspecified atom stereocenters. The summed E-state index contributed by atoms with van der Waals surface area (Å²) in [7, 11) is 1.81. The van der Waals surface area contributed by atoms with Gasteiger partial charge in [-0.05, 0) is 61.4 Å². The predicted molar refractivity (Wildman–Crippen MR) is 139 cm³/mol. The van der Waals surface area contributed by atoms with Crippen molar-refractivity contribution in [2.24, 2.45) is 0 Å². The maximum Gasteiger partial charge on any atom is 0.406 e.